The minimum Gasteiger partial charge on any atom is -0.382 e. The van der Waals surface area contributed by atoms with E-state index >= 15 is 0 Å². The van der Waals surface area contributed by atoms with Gasteiger partial charge in [0.25, 0.3) is 0 Å². The van der Waals surface area contributed by atoms with Gasteiger partial charge in [-0.15, -0.1) is 0 Å². The first-order valence-electron chi connectivity index (χ1n) is 5.03. The maximum atomic E-state index is 6.06. The summed E-state index contributed by atoms with van der Waals surface area (Å²) >= 11 is 2.40. The number of ether oxygens (including phenoxy) is 3. The summed E-state index contributed by atoms with van der Waals surface area (Å²) in [5, 5.41) is 0. The SMILES string of the molecule is COCC(C)OC1(CI)CCOCC1. The van der Waals surface area contributed by atoms with Crippen molar-refractivity contribution < 1.29 is 14.2 Å². The zero-order valence-corrected chi connectivity index (χ0v) is 11.1. The Labute approximate surface area is 99.6 Å². The maximum Gasteiger partial charge on any atom is 0.0820 e. The molecule has 1 aliphatic rings. The summed E-state index contributed by atoms with van der Waals surface area (Å²) in [6, 6.07) is 0. The minimum absolute atomic E-state index is 0.0246. The molecule has 1 heterocycles. The summed E-state index contributed by atoms with van der Waals surface area (Å²) < 4.78 is 17.5. The Hall–Kier alpha value is 0.610. The lowest BCUT2D eigenvalue weighted by molar-refractivity contribution is -0.136. The van der Waals surface area contributed by atoms with E-state index in [2.05, 4.69) is 29.5 Å². The molecule has 1 fully saturated rings. The van der Waals surface area contributed by atoms with Gasteiger partial charge < -0.3 is 14.2 Å². The molecular formula is C10H19IO3. The summed E-state index contributed by atoms with van der Waals surface area (Å²) in [6.45, 7) is 4.37. The molecule has 1 saturated heterocycles. The van der Waals surface area contributed by atoms with Crippen LogP contribution in [0.15, 0.2) is 0 Å². The maximum absolute atomic E-state index is 6.06. The molecule has 0 aromatic rings. The Morgan fingerprint density at radius 1 is 1.43 bits per heavy atom. The van der Waals surface area contributed by atoms with Gasteiger partial charge in [-0.3, -0.25) is 0 Å². The van der Waals surface area contributed by atoms with Gasteiger partial charge in [-0.05, 0) is 6.92 Å². The number of alkyl halides is 1. The quantitative estimate of drug-likeness (QED) is 0.574. The third-order valence-corrected chi connectivity index (χ3v) is 3.89. The Morgan fingerprint density at radius 3 is 2.57 bits per heavy atom. The van der Waals surface area contributed by atoms with Gasteiger partial charge in [0.05, 0.1) is 18.3 Å². The van der Waals surface area contributed by atoms with Crippen molar-refractivity contribution in [3.63, 3.8) is 0 Å². The molecule has 1 atom stereocenters. The molecule has 3 nitrogen and oxygen atoms in total. The first-order valence-corrected chi connectivity index (χ1v) is 6.55. The molecule has 0 aliphatic carbocycles. The van der Waals surface area contributed by atoms with E-state index in [1.807, 2.05) is 0 Å². The molecule has 0 N–H and O–H groups in total. The summed E-state index contributed by atoms with van der Waals surface area (Å²) in [5.41, 5.74) is 0.0246. The van der Waals surface area contributed by atoms with Crippen molar-refractivity contribution in [2.45, 2.75) is 31.5 Å². The summed E-state index contributed by atoms with van der Waals surface area (Å²) in [7, 11) is 1.71. The van der Waals surface area contributed by atoms with E-state index < -0.39 is 0 Å². The normalized spacial score (nSPS) is 23.4. The van der Waals surface area contributed by atoms with Crippen LogP contribution in [0, 0.1) is 0 Å². The zero-order chi connectivity index (χ0) is 10.4. The summed E-state index contributed by atoms with van der Waals surface area (Å²) in [5.74, 6) is 0. The molecule has 0 radical (unpaired) electrons. The van der Waals surface area contributed by atoms with E-state index in [1.165, 1.54) is 0 Å². The van der Waals surface area contributed by atoms with Crippen LogP contribution in [0.3, 0.4) is 0 Å². The summed E-state index contributed by atoms with van der Waals surface area (Å²) in [4.78, 5) is 0. The number of rotatable bonds is 5. The van der Waals surface area contributed by atoms with E-state index in [4.69, 9.17) is 14.2 Å². The second-order valence-corrected chi connectivity index (χ2v) is 4.58. The van der Waals surface area contributed by atoms with Crippen LogP contribution >= 0.6 is 22.6 Å². The second kappa shape index (κ2) is 6.25. The molecule has 0 aromatic carbocycles. The average molecular weight is 314 g/mol. The van der Waals surface area contributed by atoms with Crippen LogP contribution in [-0.4, -0.2) is 43.1 Å². The molecule has 0 spiro atoms. The average Bonchev–Trinajstić information content (AvgIpc) is 2.19. The summed E-state index contributed by atoms with van der Waals surface area (Å²) in [6.07, 6.45) is 2.18. The molecule has 0 amide bonds. The molecule has 14 heavy (non-hydrogen) atoms. The number of hydrogen-bond acceptors (Lipinski definition) is 3. The third kappa shape index (κ3) is 3.64. The molecule has 84 valence electrons. The second-order valence-electron chi connectivity index (χ2n) is 3.81. The lowest BCUT2D eigenvalue weighted by Crippen LogP contribution is -2.43. The highest BCUT2D eigenvalue weighted by Crippen LogP contribution is 2.28. The molecular weight excluding hydrogens is 295 g/mol. The van der Waals surface area contributed by atoms with Crippen LogP contribution in [0.2, 0.25) is 0 Å². The van der Waals surface area contributed by atoms with Crippen molar-refractivity contribution in [3.05, 3.63) is 0 Å². The lowest BCUT2D eigenvalue weighted by atomic mass is 9.96. The topological polar surface area (TPSA) is 27.7 Å². The van der Waals surface area contributed by atoms with Crippen molar-refractivity contribution >= 4 is 22.6 Å². The predicted molar refractivity (Wildman–Crippen MR) is 64.1 cm³/mol. The number of halogens is 1. The Kier molecular flexibility index (Phi) is 5.66. The van der Waals surface area contributed by atoms with Crippen LogP contribution in [0.4, 0.5) is 0 Å². The largest absolute Gasteiger partial charge is 0.382 e. The highest BCUT2D eigenvalue weighted by atomic mass is 127. The van der Waals surface area contributed by atoms with Crippen molar-refractivity contribution in [2.24, 2.45) is 0 Å². The fourth-order valence-corrected chi connectivity index (χ4v) is 2.66. The van der Waals surface area contributed by atoms with Crippen molar-refractivity contribution in [1.29, 1.82) is 0 Å². The van der Waals surface area contributed by atoms with Crippen molar-refractivity contribution in [3.8, 4) is 0 Å². The van der Waals surface area contributed by atoms with Gasteiger partial charge in [-0.2, -0.15) is 0 Å². The smallest absolute Gasteiger partial charge is 0.0820 e. The van der Waals surface area contributed by atoms with Crippen LogP contribution < -0.4 is 0 Å². The predicted octanol–water partition coefficient (Wildman–Crippen LogP) is 2.02. The first kappa shape index (κ1) is 12.7. The van der Waals surface area contributed by atoms with Crippen molar-refractivity contribution in [2.75, 3.05) is 31.4 Å². The molecule has 0 aromatic heterocycles. The molecule has 0 bridgehead atoms. The van der Waals surface area contributed by atoms with Crippen LogP contribution in [-0.2, 0) is 14.2 Å². The monoisotopic (exact) mass is 314 g/mol. The van der Waals surface area contributed by atoms with Gasteiger partial charge in [0.15, 0.2) is 0 Å². The van der Waals surface area contributed by atoms with Gasteiger partial charge in [0.2, 0.25) is 0 Å². The standard InChI is InChI=1S/C10H19IO3/c1-9(7-12-2)14-10(8-11)3-5-13-6-4-10/h9H,3-8H2,1-2H3. The lowest BCUT2D eigenvalue weighted by Gasteiger charge is -2.37. The number of hydrogen-bond donors (Lipinski definition) is 0. The molecule has 1 aliphatic heterocycles. The minimum atomic E-state index is 0.0246. The van der Waals surface area contributed by atoms with E-state index in [9.17, 15) is 0 Å². The fourth-order valence-electron chi connectivity index (χ4n) is 1.72. The van der Waals surface area contributed by atoms with Gasteiger partial charge in [0.1, 0.15) is 0 Å². The fraction of sp³-hybridized carbons (Fsp3) is 1.00. The van der Waals surface area contributed by atoms with Gasteiger partial charge in [-0.25, -0.2) is 0 Å². The van der Waals surface area contributed by atoms with Crippen LogP contribution in [0.25, 0.3) is 0 Å². The molecule has 1 unspecified atom stereocenters. The van der Waals surface area contributed by atoms with E-state index in [1.54, 1.807) is 7.11 Å². The van der Waals surface area contributed by atoms with Crippen molar-refractivity contribution in [1.82, 2.24) is 0 Å². The zero-order valence-electron chi connectivity index (χ0n) is 8.92. The molecule has 4 heteroatoms. The van der Waals surface area contributed by atoms with Gasteiger partial charge in [0, 0.05) is 37.6 Å². The Balaban J connectivity index is 2.42. The van der Waals surface area contributed by atoms with Gasteiger partial charge >= 0.3 is 0 Å². The highest BCUT2D eigenvalue weighted by Gasteiger charge is 2.33. The molecule has 1 rings (SSSR count). The van der Waals surface area contributed by atoms with E-state index in [-0.39, 0.29) is 11.7 Å². The van der Waals surface area contributed by atoms with Crippen LogP contribution in [0.5, 0.6) is 0 Å². The Morgan fingerprint density at radius 2 is 2.07 bits per heavy atom. The first-order chi connectivity index (χ1) is 6.72. The molecule has 0 saturated carbocycles. The Bertz CT molecular complexity index is 157. The van der Waals surface area contributed by atoms with Crippen LogP contribution in [0.1, 0.15) is 19.8 Å². The third-order valence-electron chi connectivity index (χ3n) is 2.50. The van der Waals surface area contributed by atoms with E-state index in [0.29, 0.717) is 6.61 Å². The number of methoxy groups -OCH3 is 1. The van der Waals surface area contributed by atoms with Gasteiger partial charge in [-0.1, -0.05) is 22.6 Å². The van der Waals surface area contributed by atoms with E-state index in [0.717, 1.165) is 30.5 Å². The highest BCUT2D eigenvalue weighted by molar-refractivity contribution is 14.1.